The van der Waals surface area contributed by atoms with E-state index in [1.54, 1.807) is 13.0 Å². The van der Waals surface area contributed by atoms with Gasteiger partial charge in [0.1, 0.15) is 4.88 Å². The van der Waals surface area contributed by atoms with Crippen molar-refractivity contribution in [3.63, 3.8) is 0 Å². The fraction of sp³-hybridized carbons (Fsp3) is 0.273. The van der Waals surface area contributed by atoms with E-state index in [9.17, 15) is 9.59 Å². The average Bonchev–Trinajstić information content (AvgIpc) is 2.74. The van der Waals surface area contributed by atoms with Crippen molar-refractivity contribution in [2.75, 3.05) is 6.61 Å². The highest BCUT2D eigenvalue weighted by Crippen LogP contribution is 2.34. The predicted octanol–water partition coefficient (Wildman–Crippen LogP) is 3.34. The van der Waals surface area contributed by atoms with Gasteiger partial charge in [0.2, 0.25) is 0 Å². The van der Waals surface area contributed by atoms with Crippen LogP contribution in [0.15, 0.2) is 11.4 Å². The summed E-state index contributed by atoms with van der Waals surface area (Å²) < 4.78 is 5.91. The third-order valence-corrected chi connectivity index (χ3v) is 4.36. The zero-order chi connectivity index (χ0) is 11.7. The summed E-state index contributed by atoms with van der Waals surface area (Å²) in [5, 5.41) is 2.70. The van der Waals surface area contributed by atoms with Gasteiger partial charge in [-0.25, -0.2) is 4.79 Å². The molecule has 0 spiro atoms. The van der Waals surface area contributed by atoms with Crippen molar-refractivity contribution in [2.24, 2.45) is 0 Å². The number of esters is 1. The van der Waals surface area contributed by atoms with Crippen molar-refractivity contribution in [1.29, 1.82) is 0 Å². The lowest BCUT2D eigenvalue weighted by molar-refractivity contribution is 0.0532. The molecular formula is C11H10O3S2. The van der Waals surface area contributed by atoms with Crippen LogP contribution in [0.4, 0.5) is 0 Å². The van der Waals surface area contributed by atoms with Crippen LogP contribution < -0.4 is 0 Å². The second kappa shape index (κ2) is 4.35. The molecule has 0 bridgehead atoms. The Hall–Kier alpha value is -1.20. The van der Waals surface area contributed by atoms with E-state index >= 15 is 0 Å². The van der Waals surface area contributed by atoms with Crippen LogP contribution in [0.3, 0.4) is 0 Å². The number of ketones is 1. The maximum atomic E-state index is 11.5. The molecule has 0 aliphatic carbocycles. The smallest absolute Gasteiger partial charge is 0.348 e. The molecule has 16 heavy (non-hydrogen) atoms. The van der Waals surface area contributed by atoms with Crippen LogP contribution >= 0.6 is 22.7 Å². The maximum absolute atomic E-state index is 11.5. The second-order valence-electron chi connectivity index (χ2n) is 3.24. The van der Waals surface area contributed by atoms with Crippen LogP contribution in [0.2, 0.25) is 0 Å². The summed E-state index contributed by atoms with van der Waals surface area (Å²) in [7, 11) is 0. The number of ether oxygens (including phenoxy) is 1. The summed E-state index contributed by atoms with van der Waals surface area (Å²) in [4.78, 5) is 23.4. The van der Waals surface area contributed by atoms with E-state index in [1.165, 1.54) is 29.6 Å². The third-order valence-electron chi connectivity index (χ3n) is 2.13. The van der Waals surface area contributed by atoms with Crippen LogP contribution in [0, 0.1) is 0 Å². The maximum Gasteiger partial charge on any atom is 0.348 e. The van der Waals surface area contributed by atoms with E-state index in [-0.39, 0.29) is 11.8 Å². The van der Waals surface area contributed by atoms with Crippen molar-refractivity contribution in [2.45, 2.75) is 13.8 Å². The van der Waals surface area contributed by atoms with E-state index in [0.29, 0.717) is 17.0 Å². The normalized spacial score (nSPS) is 10.6. The molecule has 0 radical (unpaired) electrons. The summed E-state index contributed by atoms with van der Waals surface area (Å²) in [5.74, 6) is -0.287. The first-order chi connectivity index (χ1) is 7.63. The number of carbonyl (C=O) groups is 2. The Bertz CT molecular complexity index is 551. The molecule has 2 heterocycles. The van der Waals surface area contributed by atoms with E-state index in [2.05, 4.69) is 0 Å². The van der Waals surface area contributed by atoms with Gasteiger partial charge in [-0.05, 0) is 19.9 Å². The highest BCUT2D eigenvalue weighted by Gasteiger charge is 2.16. The molecule has 0 saturated carbocycles. The van der Waals surface area contributed by atoms with Gasteiger partial charge in [0, 0.05) is 16.3 Å². The highest BCUT2D eigenvalue weighted by atomic mass is 32.2. The van der Waals surface area contributed by atoms with Gasteiger partial charge in [-0.2, -0.15) is 0 Å². The van der Waals surface area contributed by atoms with Crippen molar-refractivity contribution in [3.05, 3.63) is 21.9 Å². The Morgan fingerprint density at radius 2 is 2.19 bits per heavy atom. The molecule has 2 aromatic rings. The van der Waals surface area contributed by atoms with Crippen LogP contribution in [0.1, 0.15) is 33.9 Å². The summed E-state index contributed by atoms with van der Waals surface area (Å²) in [6, 6.07) is 1.74. The molecule has 0 fully saturated rings. The topological polar surface area (TPSA) is 43.4 Å². The van der Waals surface area contributed by atoms with E-state index in [0.717, 1.165) is 9.40 Å². The average molecular weight is 254 g/mol. The van der Waals surface area contributed by atoms with E-state index in [1.807, 2.05) is 5.38 Å². The fourth-order valence-corrected chi connectivity index (χ4v) is 3.62. The zero-order valence-corrected chi connectivity index (χ0v) is 10.5. The Labute approximate surface area is 101 Å². The molecule has 0 N–H and O–H groups in total. The molecule has 0 saturated heterocycles. The molecule has 84 valence electrons. The highest BCUT2D eigenvalue weighted by molar-refractivity contribution is 7.38. The number of rotatable bonds is 3. The third kappa shape index (κ3) is 1.88. The molecule has 0 aromatic carbocycles. The molecule has 0 atom stereocenters. The van der Waals surface area contributed by atoms with Crippen molar-refractivity contribution >= 4 is 43.8 Å². The van der Waals surface area contributed by atoms with E-state index < -0.39 is 0 Å². The first-order valence-corrected chi connectivity index (χ1v) is 6.52. The molecule has 3 nitrogen and oxygen atoms in total. The monoisotopic (exact) mass is 254 g/mol. The molecule has 0 aliphatic rings. The zero-order valence-electron chi connectivity index (χ0n) is 8.90. The molecular weight excluding hydrogens is 244 g/mol. The SMILES string of the molecule is CCOC(=O)c1cc2c(C(C)=O)csc2s1. The van der Waals surface area contributed by atoms with Crippen molar-refractivity contribution in [1.82, 2.24) is 0 Å². The van der Waals surface area contributed by atoms with Crippen LogP contribution in [-0.4, -0.2) is 18.4 Å². The molecule has 0 aliphatic heterocycles. The lowest BCUT2D eigenvalue weighted by atomic mass is 10.2. The summed E-state index contributed by atoms with van der Waals surface area (Å²) in [5.41, 5.74) is 0.687. The first-order valence-electron chi connectivity index (χ1n) is 4.82. The number of thiophene rings is 2. The molecule has 0 unspecified atom stereocenters. The van der Waals surface area contributed by atoms with Crippen LogP contribution in [0.5, 0.6) is 0 Å². The number of fused-ring (bicyclic) bond motifs is 1. The second-order valence-corrected chi connectivity index (χ2v) is 5.43. The Kier molecular flexibility index (Phi) is 3.07. The van der Waals surface area contributed by atoms with Gasteiger partial charge in [0.25, 0.3) is 0 Å². The standard InChI is InChI=1S/C11H10O3S2/c1-3-14-10(13)9-4-7-8(6(2)12)5-15-11(7)16-9/h4-5H,3H2,1-2H3. The quantitative estimate of drug-likeness (QED) is 0.623. The van der Waals surface area contributed by atoms with Gasteiger partial charge in [0.15, 0.2) is 5.78 Å². The molecule has 2 rings (SSSR count). The van der Waals surface area contributed by atoms with Gasteiger partial charge in [0.05, 0.1) is 10.6 Å². The number of hydrogen-bond acceptors (Lipinski definition) is 5. The lowest BCUT2D eigenvalue weighted by Gasteiger charge is -1.96. The van der Waals surface area contributed by atoms with Gasteiger partial charge < -0.3 is 4.74 Å². The first kappa shape index (κ1) is 11.3. The predicted molar refractivity (Wildman–Crippen MR) is 65.7 cm³/mol. The molecule has 2 aromatic heterocycles. The lowest BCUT2D eigenvalue weighted by Crippen LogP contribution is -2.01. The largest absolute Gasteiger partial charge is 0.462 e. The van der Waals surface area contributed by atoms with E-state index in [4.69, 9.17) is 4.74 Å². The number of Topliss-reactive ketones (excluding diaryl/α,β-unsaturated/α-hetero) is 1. The minimum absolute atomic E-state index is 0.0273. The Morgan fingerprint density at radius 1 is 1.44 bits per heavy atom. The summed E-state index contributed by atoms with van der Waals surface area (Å²) in [6.45, 7) is 3.67. The number of carbonyl (C=O) groups excluding carboxylic acids is 2. The minimum Gasteiger partial charge on any atom is -0.462 e. The van der Waals surface area contributed by atoms with Crippen molar-refractivity contribution in [3.8, 4) is 0 Å². The fourth-order valence-electron chi connectivity index (χ4n) is 1.40. The summed E-state index contributed by atoms with van der Waals surface area (Å²) in [6.07, 6.45) is 0. The van der Waals surface area contributed by atoms with Gasteiger partial charge in [-0.1, -0.05) is 0 Å². The molecule has 5 heteroatoms. The van der Waals surface area contributed by atoms with Crippen LogP contribution in [0.25, 0.3) is 9.40 Å². The molecule has 0 amide bonds. The van der Waals surface area contributed by atoms with Gasteiger partial charge >= 0.3 is 5.97 Å². The van der Waals surface area contributed by atoms with Gasteiger partial charge in [-0.3, -0.25) is 4.79 Å². The minimum atomic E-state index is -0.314. The van der Waals surface area contributed by atoms with Crippen LogP contribution in [-0.2, 0) is 4.74 Å². The Balaban J connectivity index is 2.44. The summed E-state index contributed by atoms with van der Waals surface area (Å²) >= 11 is 2.86. The van der Waals surface area contributed by atoms with Crippen molar-refractivity contribution < 1.29 is 14.3 Å². The number of hydrogen-bond donors (Lipinski definition) is 0. The Morgan fingerprint density at radius 3 is 2.81 bits per heavy atom. The van der Waals surface area contributed by atoms with Gasteiger partial charge in [-0.15, -0.1) is 22.7 Å².